The van der Waals surface area contributed by atoms with Gasteiger partial charge in [0.25, 0.3) is 5.56 Å². The Labute approximate surface area is 104 Å². The lowest BCUT2D eigenvalue weighted by Crippen LogP contribution is -2.37. The molecule has 0 aliphatic carbocycles. The highest BCUT2D eigenvalue weighted by atomic mass is 16.7. The summed E-state index contributed by atoms with van der Waals surface area (Å²) in [7, 11) is 1.77. The van der Waals surface area contributed by atoms with Crippen molar-refractivity contribution in [2.45, 2.75) is 32.0 Å². The number of aromatic nitrogens is 2. The quantitative estimate of drug-likeness (QED) is 0.711. The van der Waals surface area contributed by atoms with E-state index in [4.69, 9.17) is 9.94 Å². The third kappa shape index (κ3) is 2.53. The van der Waals surface area contributed by atoms with Crippen LogP contribution in [0.4, 0.5) is 0 Å². The van der Waals surface area contributed by atoms with Gasteiger partial charge in [-0.3, -0.25) is 19.2 Å². The van der Waals surface area contributed by atoms with Gasteiger partial charge in [0.1, 0.15) is 6.10 Å². The van der Waals surface area contributed by atoms with Gasteiger partial charge in [-0.05, 0) is 13.3 Å². The Morgan fingerprint density at radius 1 is 1.56 bits per heavy atom. The number of nitrogens with zero attached hydrogens (tertiary/aromatic N) is 2. The van der Waals surface area contributed by atoms with E-state index in [0.717, 1.165) is 0 Å². The van der Waals surface area contributed by atoms with E-state index in [0.29, 0.717) is 18.5 Å². The van der Waals surface area contributed by atoms with Crippen LogP contribution >= 0.6 is 0 Å². The zero-order chi connectivity index (χ0) is 13.3. The number of hydrogen-bond donors (Lipinski definition) is 2. The summed E-state index contributed by atoms with van der Waals surface area (Å²) in [5.41, 5.74) is -0.290. The Morgan fingerprint density at radius 3 is 2.89 bits per heavy atom. The van der Waals surface area contributed by atoms with E-state index in [1.807, 2.05) is 0 Å². The van der Waals surface area contributed by atoms with Crippen LogP contribution in [0.25, 0.3) is 0 Å². The van der Waals surface area contributed by atoms with Crippen LogP contribution < -0.4 is 11.2 Å². The van der Waals surface area contributed by atoms with Gasteiger partial charge >= 0.3 is 5.69 Å². The Hall–Kier alpha value is -1.44. The normalized spacial score (nSPS) is 24.6. The molecule has 2 atom stereocenters. The molecule has 1 fully saturated rings. The smallest absolute Gasteiger partial charge is 0.328 e. The summed E-state index contributed by atoms with van der Waals surface area (Å²) in [5, 5.41) is 10.7. The maximum absolute atomic E-state index is 11.6. The predicted molar refractivity (Wildman–Crippen MR) is 64.2 cm³/mol. The number of H-pyrrole nitrogens is 1. The fourth-order valence-corrected chi connectivity index (χ4v) is 2.09. The van der Waals surface area contributed by atoms with Gasteiger partial charge in [-0.2, -0.15) is 5.06 Å². The number of aliphatic hydroxyl groups is 1. The van der Waals surface area contributed by atoms with Gasteiger partial charge in [0, 0.05) is 25.4 Å². The van der Waals surface area contributed by atoms with Crippen molar-refractivity contribution in [2.75, 3.05) is 13.7 Å². The van der Waals surface area contributed by atoms with E-state index in [9.17, 15) is 9.59 Å². The van der Waals surface area contributed by atoms with Crippen molar-refractivity contribution in [1.29, 1.82) is 0 Å². The lowest BCUT2D eigenvalue weighted by molar-refractivity contribution is -0.153. The molecule has 1 aliphatic rings. The van der Waals surface area contributed by atoms with Gasteiger partial charge in [0.15, 0.2) is 0 Å². The zero-order valence-corrected chi connectivity index (χ0v) is 10.4. The molecule has 7 heteroatoms. The third-order valence-electron chi connectivity index (χ3n) is 3.16. The lowest BCUT2D eigenvalue weighted by Gasteiger charge is -2.18. The second-order valence-electron chi connectivity index (χ2n) is 4.57. The minimum Gasteiger partial charge on any atom is -0.394 e. The molecule has 0 spiro atoms. The molecule has 0 radical (unpaired) electrons. The van der Waals surface area contributed by atoms with Crippen molar-refractivity contribution in [1.82, 2.24) is 14.6 Å². The highest BCUT2D eigenvalue weighted by molar-refractivity contribution is 5.01. The largest absolute Gasteiger partial charge is 0.394 e. The number of aryl methyl sites for hydroxylation is 1. The molecule has 0 amide bonds. The van der Waals surface area contributed by atoms with E-state index in [1.165, 1.54) is 4.57 Å². The molecule has 2 N–H and O–H groups in total. The summed E-state index contributed by atoms with van der Waals surface area (Å²) >= 11 is 0. The average Bonchev–Trinajstić information content (AvgIpc) is 2.67. The summed E-state index contributed by atoms with van der Waals surface area (Å²) in [6.07, 6.45) is 1.97. The van der Waals surface area contributed by atoms with E-state index in [-0.39, 0.29) is 24.3 Å². The van der Waals surface area contributed by atoms with Crippen molar-refractivity contribution in [3.63, 3.8) is 0 Å². The Kier molecular flexibility index (Phi) is 3.65. The van der Waals surface area contributed by atoms with Crippen molar-refractivity contribution in [3.05, 3.63) is 32.6 Å². The van der Waals surface area contributed by atoms with Crippen LogP contribution in [0.3, 0.4) is 0 Å². The molecule has 2 rings (SSSR count). The second-order valence-corrected chi connectivity index (χ2v) is 4.57. The minimum atomic E-state index is -0.425. The maximum Gasteiger partial charge on any atom is 0.328 e. The number of aromatic amines is 1. The third-order valence-corrected chi connectivity index (χ3v) is 3.16. The van der Waals surface area contributed by atoms with Crippen molar-refractivity contribution in [3.8, 4) is 0 Å². The van der Waals surface area contributed by atoms with Gasteiger partial charge in [0.05, 0.1) is 12.6 Å². The molecule has 1 saturated heterocycles. The fourth-order valence-electron chi connectivity index (χ4n) is 2.09. The summed E-state index contributed by atoms with van der Waals surface area (Å²) in [6, 6.07) is 0.00477. The molecule has 0 unspecified atom stereocenters. The fraction of sp³-hybridized carbons (Fsp3) is 0.636. The van der Waals surface area contributed by atoms with Crippen LogP contribution in [-0.4, -0.2) is 45.5 Å². The second kappa shape index (κ2) is 5.05. The summed E-state index contributed by atoms with van der Waals surface area (Å²) in [5.74, 6) is 0. The first-order valence-corrected chi connectivity index (χ1v) is 5.82. The maximum atomic E-state index is 11.6. The molecule has 0 aromatic carbocycles. The first-order valence-electron chi connectivity index (χ1n) is 5.82. The van der Waals surface area contributed by atoms with Crippen LogP contribution in [0.5, 0.6) is 0 Å². The molecule has 0 saturated carbocycles. The summed E-state index contributed by atoms with van der Waals surface area (Å²) < 4.78 is 1.46. The Morgan fingerprint density at radius 2 is 2.28 bits per heavy atom. The van der Waals surface area contributed by atoms with Crippen LogP contribution in [0.1, 0.15) is 12.0 Å². The van der Waals surface area contributed by atoms with Gasteiger partial charge in [0.2, 0.25) is 0 Å². The summed E-state index contributed by atoms with van der Waals surface area (Å²) in [4.78, 5) is 30.5. The van der Waals surface area contributed by atoms with E-state index >= 15 is 0 Å². The molecular weight excluding hydrogens is 238 g/mol. The molecule has 1 aromatic rings. The number of aliphatic hydroxyl groups excluding tert-OH is 1. The van der Waals surface area contributed by atoms with Gasteiger partial charge in [-0.15, -0.1) is 0 Å². The van der Waals surface area contributed by atoms with Crippen molar-refractivity contribution >= 4 is 0 Å². The standard InChI is InChI=1S/C11H17N3O4/c1-7-4-14(11(17)12-10(7)16)5-8-3-9(6-15)18-13(8)2/h4,8-9,15H,3,5-6H2,1-2H3,(H,12,16,17)/t8-,9+/m0/s1. The van der Waals surface area contributed by atoms with Crippen molar-refractivity contribution < 1.29 is 9.94 Å². The molecule has 2 heterocycles. The first kappa shape index (κ1) is 13.0. The number of hydroxylamine groups is 2. The molecular formula is C11H17N3O4. The number of rotatable bonds is 3. The Balaban J connectivity index is 2.17. The van der Waals surface area contributed by atoms with Crippen LogP contribution in [0.15, 0.2) is 15.8 Å². The van der Waals surface area contributed by atoms with Crippen LogP contribution in [0.2, 0.25) is 0 Å². The van der Waals surface area contributed by atoms with Crippen molar-refractivity contribution in [2.24, 2.45) is 0 Å². The molecule has 18 heavy (non-hydrogen) atoms. The monoisotopic (exact) mass is 255 g/mol. The lowest BCUT2D eigenvalue weighted by atomic mass is 10.1. The molecule has 0 bridgehead atoms. The number of nitrogens with one attached hydrogen (secondary N) is 1. The van der Waals surface area contributed by atoms with Gasteiger partial charge in [-0.1, -0.05) is 0 Å². The van der Waals surface area contributed by atoms with E-state index < -0.39 is 5.69 Å². The molecule has 1 aliphatic heterocycles. The number of likely N-dealkylation sites (N-methyl/N-ethyl adjacent to an activating group) is 1. The highest BCUT2D eigenvalue weighted by Crippen LogP contribution is 2.19. The first-order chi connectivity index (χ1) is 8.51. The Bertz CT molecular complexity index is 536. The highest BCUT2D eigenvalue weighted by Gasteiger charge is 2.30. The topological polar surface area (TPSA) is 87.6 Å². The number of hydrogen-bond acceptors (Lipinski definition) is 5. The molecule has 7 nitrogen and oxygen atoms in total. The van der Waals surface area contributed by atoms with E-state index in [1.54, 1.807) is 25.2 Å². The van der Waals surface area contributed by atoms with Gasteiger partial charge < -0.3 is 5.11 Å². The van der Waals surface area contributed by atoms with Crippen LogP contribution in [0, 0.1) is 6.92 Å². The van der Waals surface area contributed by atoms with E-state index in [2.05, 4.69) is 4.98 Å². The zero-order valence-electron chi connectivity index (χ0n) is 10.4. The molecule has 1 aromatic heterocycles. The van der Waals surface area contributed by atoms with Crippen LogP contribution in [-0.2, 0) is 11.4 Å². The predicted octanol–water partition coefficient (Wildman–Crippen LogP) is -1.16. The molecule has 100 valence electrons. The summed E-state index contributed by atoms with van der Waals surface area (Å²) in [6.45, 7) is 2.03. The average molecular weight is 255 g/mol. The minimum absolute atomic E-state index is 0.00477. The van der Waals surface area contributed by atoms with Gasteiger partial charge in [-0.25, -0.2) is 4.79 Å². The SMILES string of the molecule is Cc1cn(C[C@@H]2C[C@H](CO)ON2C)c(=O)[nH]c1=O.